The summed E-state index contributed by atoms with van der Waals surface area (Å²) in [6, 6.07) is 33.9. The zero-order valence-electron chi connectivity index (χ0n) is 21.0. The fourth-order valence-electron chi connectivity index (χ4n) is 5.37. The van der Waals surface area contributed by atoms with Crippen molar-refractivity contribution in [1.82, 2.24) is 0 Å². The molecule has 0 N–H and O–H groups in total. The first kappa shape index (κ1) is 25.4. The number of halogens is 2. The molecule has 0 amide bonds. The molecule has 2 aliphatic heterocycles. The number of oxime groups is 2. The first-order valence-corrected chi connectivity index (χ1v) is 13.4. The van der Waals surface area contributed by atoms with Crippen LogP contribution in [0.4, 0.5) is 0 Å². The number of carbonyl (C=O) groups excluding carboxylic acids is 1. The minimum atomic E-state index is -1.17. The van der Waals surface area contributed by atoms with Crippen molar-refractivity contribution in [3.8, 4) is 0 Å². The third-order valence-electron chi connectivity index (χ3n) is 7.41. The quantitative estimate of drug-likeness (QED) is 0.244. The van der Waals surface area contributed by atoms with E-state index in [0.717, 1.165) is 22.3 Å². The second-order valence-corrected chi connectivity index (χ2v) is 10.7. The van der Waals surface area contributed by atoms with Gasteiger partial charge < -0.3 is 9.68 Å². The van der Waals surface area contributed by atoms with Gasteiger partial charge in [-0.3, -0.25) is 4.79 Å². The minimum Gasteiger partial charge on any atom is -0.386 e. The summed E-state index contributed by atoms with van der Waals surface area (Å²) in [7, 11) is 0. The Morgan fingerprint density at radius 3 is 1.82 bits per heavy atom. The van der Waals surface area contributed by atoms with E-state index in [1.807, 2.05) is 91.9 Å². The van der Waals surface area contributed by atoms with Crippen LogP contribution in [0.3, 0.4) is 0 Å². The van der Waals surface area contributed by atoms with Crippen molar-refractivity contribution in [2.75, 3.05) is 0 Å². The van der Waals surface area contributed by atoms with Crippen LogP contribution in [-0.2, 0) is 14.5 Å². The average molecular weight is 555 g/mol. The Bertz CT molecular complexity index is 1560. The summed E-state index contributed by atoms with van der Waals surface area (Å²) in [5, 5.41) is 10.2. The van der Waals surface area contributed by atoms with E-state index in [1.54, 1.807) is 24.3 Å². The van der Waals surface area contributed by atoms with Gasteiger partial charge in [0.2, 0.25) is 0 Å². The van der Waals surface area contributed by atoms with Crippen LogP contribution in [0, 0.1) is 11.3 Å². The van der Waals surface area contributed by atoms with Gasteiger partial charge in [-0.15, -0.1) is 0 Å². The lowest BCUT2D eigenvalue weighted by Crippen LogP contribution is -2.46. The number of Topliss-reactive ketones (excluding diaryl/α,β-unsaturated/α-hetero) is 1. The Kier molecular flexibility index (Phi) is 6.71. The first-order chi connectivity index (χ1) is 19.0. The van der Waals surface area contributed by atoms with Crippen molar-refractivity contribution in [1.29, 1.82) is 0 Å². The molecule has 4 aromatic carbocycles. The lowest BCUT2D eigenvalue weighted by atomic mass is 9.66. The predicted molar refractivity (Wildman–Crippen MR) is 153 cm³/mol. The fourth-order valence-corrected chi connectivity index (χ4v) is 5.62. The molecular weight excluding hydrogens is 531 g/mol. The smallest absolute Gasteiger partial charge is 0.170 e. The highest BCUT2D eigenvalue weighted by Gasteiger charge is 2.58. The van der Waals surface area contributed by atoms with Gasteiger partial charge in [0, 0.05) is 21.2 Å². The van der Waals surface area contributed by atoms with Crippen LogP contribution < -0.4 is 0 Å². The molecule has 2 aliphatic rings. The molecule has 4 unspecified atom stereocenters. The van der Waals surface area contributed by atoms with Crippen LogP contribution in [0.2, 0.25) is 10.0 Å². The second-order valence-electron chi connectivity index (χ2n) is 9.81. The summed E-state index contributed by atoms with van der Waals surface area (Å²) in [6.07, 6.45) is -1.27. The predicted octanol–water partition coefficient (Wildman–Crippen LogP) is 7.84. The molecule has 39 heavy (non-hydrogen) atoms. The van der Waals surface area contributed by atoms with Gasteiger partial charge in [0.05, 0.1) is 0 Å². The van der Waals surface area contributed by atoms with Crippen molar-refractivity contribution in [2.24, 2.45) is 21.6 Å². The monoisotopic (exact) mass is 554 g/mol. The normalized spacial score (nSPS) is 23.9. The highest BCUT2D eigenvalue weighted by Crippen LogP contribution is 2.50. The first-order valence-electron chi connectivity index (χ1n) is 12.6. The van der Waals surface area contributed by atoms with E-state index in [2.05, 4.69) is 10.3 Å². The van der Waals surface area contributed by atoms with Crippen LogP contribution in [0.25, 0.3) is 0 Å². The van der Waals surface area contributed by atoms with Crippen LogP contribution in [-0.4, -0.2) is 17.2 Å². The highest BCUT2D eigenvalue weighted by atomic mass is 35.5. The summed E-state index contributed by atoms with van der Waals surface area (Å²) in [6.45, 7) is 1.90. The molecule has 0 fully saturated rings. The number of nitrogens with zero attached hydrogens (tertiary/aromatic N) is 2. The molecule has 5 nitrogen and oxygen atoms in total. The zero-order valence-corrected chi connectivity index (χ0v) is 22.5. The number of benzene rings is 4. The van der Waals surface area contributed by atoms with Gasteiger partial charge >= 0.3 is 0 Å². The van der Waals surface area contributed by atoms with Gasteiger partial charge in [-0.2, -0.15) is 0 Å². The van der Waals surface area contributed by atoms with Gasteiger partial charge in [-0.1, -0.05) is 118 Å². The van der Waals surface area contributed by atoms with Gasteiger partial charge in [0.1, 0.15) is 22.8 Å². The van der Waals surface area contributed by atoms with E-state index < -0.39 is 23.5 Å². The van der Waals surface area contributed by atoms with Gasteiger partial charge in [-0.05, 0) is 42.3 Å². The second kappa shape index (κ2) is 10.3. The molecule has 194 valence electrons. The van der Waals surface area contributed by atoms with E-state index in [9.17, 15) is 0 Å². The summed E-state index contributed by atoms with van der Waals surface area (Å²) in [5.74, 6) is -0.841. The van der Waals surface area contributed by atoms with Crippen molar-refractivity contribution >= 4 is 40.4 Å². The largest absolute Gasteiger partial charge is 0.386 e. The van der Waals surface area contributed by atoms with E-state index in [1.165, 1.54) is 0 Å². The molecule has 0 saturated carbocycles. The SMILES string of the molecule is CC1(C(=O)C2C(c3ccc(Cl)cc3)=NOC2c2ccccc2)C(c2ccc(Cl)cc2)=NOC1c1ccccc1. The minimum absolute atomic E-state index is 0.109. The fraction of sp³-hybridized carbons (Fsp3) is 0.156. The third kappa shape index (κ3) is 4.52. The Morgan fingerprint density at radius 1 is 0.692 bits per heavy atom. The topological polar surface area (TPSA) is 60.2 Å². The van der Waals surface area contributed by atoms with Crippen molar-refractivity contribution in [3.05, 3.63) is 141 Å². The molecule has 4 aromatic rings. The Labute approximate surface area is 236 Å². The highest BCUT2D eigenvalue weighted by molar-refractivity contribution is 6.31. The molecule has 0 bridgehead atoms. The molecule has 0 saturated heterocycles. The van der Waals surface area contributed by atoms with E-state index in [0.29, 0.717) is 21.5 Å². The van der Waals surface area contributed by atoms with Crippen molar-refractivity contribution in [3.63, 3.8) is 0 Å². The van der Waals surface area contributed by atoms with Crippen molar-refractivity contribution < 1.29 is 14.5 Å². The molecule has 2 heterocycles. The molecule has 6 rings (SSSR count). The molecule has 0 aliphatic carbocycles. The lowest BCUT2D eigenvalue weighted by molar-refractivity contribution is -0.134. The summed E-state index contributed by atoms with van der Waals surface area (Å²) < 4.78 is 0. The summed E-state index contributed by atoms with van der Waals surface area (Å²) >= 11 is 12.4. The number of rotatable bonds is 6. The molecule has 7 heteroatoms. The molecule has 4 atom stereocenters. The van der Waals surface area contributed by atoms with Crippen molar-refractivity contribution in [2.45, 2.75) is 19.1 Å². The standard InChI is InChI=1S/C32H24Cl2N2O3/c1-32(29(22-14-18-25(34)19-15-22)36-39-31(32)23-10-6-3-7-11-23)30(37)26-27(20-12-16-24(33)17-13-20)35-38-28(26)21-8-4-2-5-9-21/h2-19,26,28,31H,1H3. The molecule has 0 aromatic heterocycles. The van der Waals surface area contributed by atoms with Crippen LogP contribution >= 0.6 is 23.2 Å². The zero-order chi connectivity index (χ0) is 27.0. The maximum atomic E-state index is 15.1. The van der Waals surface area contributed by atoms with E-state index in [-0.39, 0.29) is 5.78 Å². The van der Waals surface area contributed by atoms with Gasteiger partial charge in [-0.25, -0.2) is 0 Å². The molecule has 0 radical (unpaired) electrons. The van der Waals surface area contributed by atoms with E-state index in [4.69, 9.17) is 32.9 Å². The van der Waals surface area contributed by atoms with Crippen LogP contribution in [0.1, 0.15) is 41.4 Å². The Balaban J connectivity index is 1.50. The average Bonchev–Trinajstić information content (AvgIpc) is 3.57. The maximum absolute atomic E-state index is 15.1. The lowest BCUT2D eigenvalue weighted by Gasteiger charge is -2.33. The number of hydrogen-bond donors (Lipinski definition) is 0. The van der Waals surface area contributed by atoms with Crippen LogP contribution in [0.15, 0.2) is 120 Å². The number of hydrogen-bond acceptors (Lipinski definition) is 5. The van der Waals surface area contributed by atoms with Gasteiger partial charge in [0.15, 0.2) is 18.0 Å². The molecule has 0 spiro atoms. The molecular formula is C32H24Cl2N2O3. The Morgan fingerprint density at radius 2 is 1.23 bits per heavy atom. The van der Waals surface area contributed by atoms with E-state index >= 15 is 4.79 Å². The van der Waals surface area contributed by atoms with Crippen LogP contribution in [0.5, 0.6) is 0 Å². The number of carbonyl (C=O) groups is 1. The summed E-state index contributed by atoms with van der Waals surface area (Å²) in [5.41, 5.74) is 3.13. The number of ketones is 1. The third-order valence-corrected chi connectivity index (χ3v) is 7.91. The maximum Gasteiger partial charge on any atom is 0.170 e. The van der Waals surface area contributed by atoms with Gasteiger partial charge in [0.25, 0.3) is 0 Å². The Hall–Kier alpha value is -3.93. The summed E-state index contributed by atoms with van der Waals surface area (Å²) in [4.78, 5) is 27.1.